The molecule has 8 heteroatoms. The summed E-state index contributed by atoms with van der Waals surface area (Å²) < 4.78 is 29.2. The average molecular weight is 362 g/mol. The van der Waals surface area contributed by atoms with Gasteiger partial charge in [0.15, 0.2) is 5.03 Å². The number of aromatic nitrogens is 3. The maximum Gasteiger partial charge on any atom is 0.259 e. The van der Waals surface area contributed by atoms with Crippen molar-refractivity contribution in [1.29, 1.82) is 0 Å². The lowest BCUT2D eigenvalue weighted by atomic mass is 10.1. The Bertz CT molecular complexity index is 915. The van der Waals surface area contributed by atoms with Crippen LogP contribution in [0.3, 0.4) is 0 Å². The Morgan fingerprint density at radius 2 is 2.12 bits per heavy atom. The maximum atomic E-state index is 12.4. The summed E-state index contributed by atoms with van der Waals surface area (Å²) in [5, 5.41) is 3.98. The average Bonchev–Trinajstić information content (AvgIpc) is 3.25. The van der Waals surface area contributed by atoms with Crippen LogP contribution in [0, 0.1) is 0 Å². The monoisotopic (exact) mass is 362 g/mol. The minimum atomic E-state index is -3.66. The molecule has 0 atom stereocenters. The molecule has 3 aromatic rings. The zero-order valence-electron chi connectivity index (χ0n) is 13.4. The van der Waals surface area contributed by atoms with Crippen LogP contribution < -0.4 is 4.72 Å². The summed E-state index contributed by atoms with van der Waals surface area (Å²) in [6, 6.07) is 5.79. The number of sulfonamides is 1. The Morgan fingerprint density at radius 1 is 1.29 bits per heavy atom. The highest BCUT2D eigenvalue weighted by atomic mass is 32.2. The number of pyridine rings is 1. The highest BCUT2D eigenvalue weighted by Gasteiger charge is 2.18. The SMILES string of the molecule is CC(C)n1cnc(S(=O)(=O)NCc2cccnc2-c2ccsc2)c1. The fourth-order valence-corrected chi connectivity index (χ4v) is 3.81. The molecule has 0 aliphatic heterocycles. The number of nitrogens with one attached hydrogen (secondary N) is 1. The van der Waals surface area contributed by atoms with Gasteiger partial charge in [-0.15, -0.1) is 0 Å². The van der Waals surface area contributed by atoms with Gasteiger partial charge in [-0.1, -0.05) is 6.07 Å². The van der Waals surface area contributed by atoms with E-state index in [-0.39, 0.29) is 17.6 Å². The number of rotatable bonds is 6. The van der Waals surface area contributed by atoms with E-state index in [9.17, 15) is 8.42 Å². The van der Waals surface area contributed by atoms with Crippen LogP contribution in [0.5, 0.6) is 0 Å². The van der Waals surface area contributed by atoms with E-state index in [2.05, 4.69) is 14.7 Å². The van der Waals surface area contributed by atoms with Gasteiger partial charge in [-0.25, -0.2) is 18.1 Å². The molecule has 3 aromatic heterocycles. The van der Waals surface area contributed by atoms with Gasteiger partial charge in [0.05, 0.1) is 12.0 Å². The summed E-state index contributed by atoms with van der Waals surface area (Å²) >= 11 is 1.58. The molecule has 0 amide bonds. The predicted molar refractivity (Wildman–Crippen MR) is 94.2 cm³/mol. The van der Waals surface area contributed by atoms with Gasteiger partial charge >= 0.3 is 0 Å². The van der Waals surface area contributed by atoms with Crippen LogP contribution in [0.1, 0.15) is 25.5 Å². The van der Waals surface area contributed by atoms with Crippen molar-refractivity contribution in [3.05, 3.63) is 53.2 Å². The molecule has 0 aromatic carbocycles. The Labute approximate surface area is 145 Å². The van der Waals surface area contributed by atoms with Crippen LogP contribution in [-0.4, -0.2) is 23.0 Å². The van der Waals surface area contributed by atoms with Crippen molar-refractivity contribution in [1.82, 2.24) is 19.3 Å². The quantitative estimate of drug-likeness (QED) is 0.731. The minimum Gasteiger partial charge on any atom is -0.334 e. The largest absolute Gasteiger partial charge is 0.334 e. The summed E-state index contributed by atoms with van der Waals surface area (Å²) in [7, 11) is -3.66. The molecule has 0 aliphatic rings. The van der Waals surface area contributed by atoms with E-state index in [0.717, 1.165) is 16.8 Å². The van der Waals surface area contributed by atoms with Gasteiger partial charge in [0, 0.05) is 35.9 Å². The Balaban J connectivity index is 1.80. The molecule has 0 fully saturated rings. The first kappa shape index (κ1) is 16.8. The lowest BCUT2D eigenvalue weighted by Crippen LogP contribution is -2.24. The van der Waals surface area contributed by atoms with Gasteiger partial charge in [-0.05, 0) is 36.9 Å². The first-order valence-electron chi connectivity index (χ1n) is 7.47. The summed E-state index contributed by atoms with van der Waals surface area (Å²) in [4.78, 5) is 8.37. The molecule has 6 nitrogen and oxygen atoms in total. The zero-order chi connectivity index (χ0) is 17.2. The lowest BCUT2D eigenvalue weighted by molar-refractivity contribution is 0.576. The molecule has 1 N–H and O–H groups in total. The van der Waals surface area contributed by atoms with Crippen molar-refractivity contribution >= 4 is 21.4 Å². The second-order valence-electron chi connectivity index (χ2n) is 5.60. The van der Waals surface area contributed by atoms with Crippen molar-refractivity contribution in [3.63, 3.8) is 0 Å². The first-order valence-corrected chi connectivity index (χ1v) is 9.89. The van der Waals surface area contributed by atoms with Crippen LogP contribution in [0.25, 0.3) is 11.3 Å². The Hall–Kier alpha value is -2.03. The molecular formula is C16H18N4O2S2. The van der Waals surface area contributed by atoms with Crippen molar-refractivity contribution in [2.24, 2.45) is 0 Å². The molecule has 3 heterocycles. The highest BCUT2D eigenvalue weighted by Crippen LogP contribution is 2.23. The molecule has 0 spiro atoms. The smallest absolute Gasteiger partial charge is 0.259 e. The third-order valence-corrected chi connectivity index (χ3v) is 5.56. The summed E-state index contributed by atoms with van der Waals surface area (Å²) in [5.74, 6) is 0. The molecule has 0 bridgehead atoms. The fraction of sp³-hybridized carbons (Fsp3) is 0.250. The summed E-state index contributed by atoms with van der Waals surface area (Å²) in [5.41, 5.74) is 2.59. The van der Waals surface area contributed by atoms with Crippen LogP contribution in [0.15, 0.2) is 52.7 Å². The summed E-state index contributed by atoms with van der Waals surface area (Å²) in [6.45, 7) is 4.10. The van der Waals surface area contributed by atoms with Gasteiger partial charge in [0.25, 0.3) is 10.0 Å². The maximum absolute atomic E-state index is 12.4. The third-order valence-electron chi connectivity index (χ3n) is 3.59. The predicted octanol–water partition coefficient (Wildman–Crippen LogP) is 3.07. The molecule has 0 radical (unpaired) electrons. The van der Waals surface area contributed by atoms with Crippen molar-refractivity contribution in [2.45, 2.75) is 31.5 Å². The molecule has 3 rings (SSSR count). The van der Waals surface area contributed by atoms with E-state index in [4.69, 9.17) is 0 Å². The second kappa shape index (κ2) is 6.84. The first-order chi connectivity index (χ1) is 11.5. The normalized spacial score (nSPS) is 12.0. The van der Waals surface area contributed by atoms with E-state index >= 15 is 0 Å². The van der Waals surface area contributed by atoms with Gasteiger partial charge in [0.2, 0.25) is 0 Å². The van der Waals surface area contributed by atoms with Gasteiger partial charge in [0.1, 0.15) is 0 Å². The van der Waals surface area contributed by atoms with E-state index in [0.29, 0.717) is 0 Å². The van der Waals surface area contributed by atoms with E-state index in [1.54, 1.807) is 28.2 Å². The van der Waals surface area contributed by atoms with E-state index in [1.807, 2.05) is 36.7 Å². The van der Waals surface area contributed by atoms with Gasteiger partial charge in [-0.3, -0.25) is 4.98 Å². The third kappa shape index (κ3) is 3.55. The molecule has 0 saturated carbocycles. The summed E-state index contributed by atoms with van der Waals surface area (Å²) in [6.07, 6.45) is 4.77. The molecule has 24 heavy (non-hydrogen) atoms. The van der Waals surface area contributed by atoms with Crippen LogP contribution in [0.4, 0.5) is 0 Å². The van der Waals surface area contributed by atoms with Crippen molar-refractivity contribution < 1.29 is 8.42 Å². The van der Waals surface area contributed by atoms with E-state index in [1.165, 1.54) is 12.5 Å². The van der Waals surface area contributed by atoms with Crippen LogP contribution >= 0.6 is 11.3 Å². The molecule has 0 aliphatic carbocycles. The van der Waals surface area contributed by atoms with Crippen molar-refractivity contribution in [2.75, 3.05) is 0 Å². The Kier molecular flexibility index (Phi) is 4.79. The minimum absolute atomic E-state index is 0.0252. The molecular weight excluding hydrogens is 344 g/mol. The van der Waals surface area contributed by atoms with Crippen LogP contribution in [0.2, 0.25) is 0 Å². The molecule has 126 valence electrons. The fourth-order valence-electron chi connectivity index (χ4n) is 2.23. The number of imidazole rings is 1. The number of hydrogen-bond donors (Lipinski definition) is 1. The molecule has 0 unspecified atom stereocenters. The molecule has 0 saturated heterocycles. The van der Waals surface area contributed by atoms with Gasteiger partial charge in [-0.2, -0.15) is 11.3 Å². The topological polar surface area (TPSA) is 76.9 Å². The Morgan fingerprint density at radius 3 is 2.79 bits per heavy atom. The number of thiophene rings is 1. The number of nitrogens with zero attached hydrogens (tertiary/aromatic N) is 3. The lowest BCUT2D eigenvalue weighted by Gasteiger charge is -2.08. The van der Waals surface area contributed by atoms with Crippen LogP contribution in [-0.2, 0) is 16.6 Å². The number of hydrogen-bond acceptors (Lipinski definition) is 5. The highest BCUT2D eigenvalue weighted by molar-refractivity contribution is 7.89. The second-order valence-corrected chi connectivity index (χ2v) is 8.09. The van der Waals surface area contributed by atoms with Gasteiger partial charge < -0.3 is 4.57 Å². The van der Waals surface area contributed by atoms with Crippen molar-refractivity contribution in [3.8, 4) is 11.3 Å². The zero-order valence-corrected chi connectivity index (χ0v) is 15.0. The van der Waals surface area contributed by atoms with E-state index < -0.39 is 10.0 Å². The standard InChI is InChI=1S/C16H18N4O2S2/c1-12(2)20-9-15(18-11-20)24(21,22)19-8-13-4-3-6-17-16(13)14-5-7-23-10-14/h3-7,9-12,19H,8H2,1-2H3.